The quantitative estimate of drug-likeness (QED) is 0.937. The van der Waals surface area contributed by atoms with E-state index in [9.17, 15) is 4.79 Å². The maximum Gasteiger partial charge on any atom is 0.337 e. The molecule has 1 saturated heterocycles. The molecule has 0 unspecified atom stereocenters. The van der Waals surface area contributed by atoms with E-state index >= 15 is 0 Å². The number of carboxylic acids is 1. The summed E-state index contributed by atoms with van der Waals surface area (Å²) in [5.74, 6) is -0.475. The Morgan fingerprint density at radius 3 is 2.50 bits per heavy atom. The molecule has 0 bridgehead atoms. The number of halogens is 1. The molecule has 3 rings (SSSR count). The Hall–Kier alpha value is -2.00. The molecule has 0 amide bonds. The highest BCUT2D eigenvalue weighted by molar-refractivity contribution is 6.33. The Morgan fingerprint density at radius 2 is 1.85 bits per heavy atom. The molecule has 2 aromatic carbocycles. The first-order valence-corrected chi connectivity index (χ1v) is 6.85. The van der Waals surface area contributed by atoms with Crippen LogP contribution in [-0.2, 0) is 0 Å². The number of carboxylic acid groups (broad SMARTS) is 1. The van der Waals surface area contributed by atoms with Gasteiger partial charge in [-0.3, -0.25) is 0 Å². The molecule has 0 radical (unpaired) electrons. The Labute approximate surface area is 122 Å². The average molecular weight is 288 g/mol. The highest BCUT2D eigenvalue weighted by Crippen LogP contribution is 2.33. The van der Waals surface area contributed by atoms with E-state index in [2.05, 4.69) is 17.0 Å². The van der Waals surface area contributed by atoms with Gasteiger partial charge in [-0.1, -0.05) is 41.9 Å². The Morgan fingerprint density at radius 1 is 1.15 bits per heavy atom. The smallest absolute Gasteiger partial charge is 0.337 e. The van der Waals surface area contributed by atoms with Crippen molar-refractivity contribution in [2.24, 2.45) is 0 Å². The molecule has 0 spiro atoms. The average Bonchev–Trinajstić information content (AvgIpc) is 2.40. The number of rotatable bonds is 3. The molecule has 1 fully saturated rings. The van der Waals surface area contributed by atoms with Gasteiger partial charge in [0.25, 0.3) is 0 Å². The van der Waals surface area contributed by atoms with Crippen LogP contribution in [0.3, 0.4) is 0 Å². The van der Waals surface area contributed by atoms with Crippen LogP contribution in [0.4, 0.5) is 5.69 Å². The Bertz CT molecular complexity index is 636. The van der Waals surface area contributed by atoms with Crippen LogP contribution >= 0.6 is 11.6 Å². The van der Waals surface area contributed by atoms with E-state index in [0.29, 0.717) is 5.92 Å². The fourth-order valence-electron chi connectivity index (χ4n) is 2.50. The fraction of sp³-hybridized carbons (Fsp3) is 0.188. The highest BCUT2D eigenvalue weighted by atomic mass is 35.5. The predicted molar refractivity (Wildman–Crippen MR) is 79.8 cm³/mol. The van der Waals surface area contributed by atoms with Gasteiger partial charge in [-0.2, -0.15) is 0 Å². The summed E-state index contributed by atoms with van der Waals surface area (Å²) in [5.41, 5.74) is 2.41. The van der Waals surface area contributed by atoms with Crippen molar-refractivity contribution in [2.45, 2.75) is 5.92 Å². The molecule has 102 valence electrons. The minimum atomic E-state index is -0.989. The molecule has 2 aromatic rings. The van der Waals surface area contributed by atoms with Crippen LogP contribution in [0.1, 0.15) is 21.8 Å². The maximum absolute atomic E-state index is 11.1. The van der Waals surface area contributed by atoms with E-state index in [4.69, 9.17) is 16.7 Å². The predicted octanol–water partition coefficient (Wildman–Crippen LogP) is 3.64. The SMILES string of the molecule is O=C(O)c1cc(N2CC(c3ccccc3)C2)ccc1Cl. The summed E-state index contributed by atoms with van der Waals surface area (Å²) >= 11 is 5.88. The number of nitrogens with zero attached hydrogens (tertiary/aromatic N) is 1. The lowest BCUT2D eigenvalue weighted by Crippen LogP contribution is -2.45. The molecular weight excluding hydrogens is 274 g/mol. The molecule has 0 saturated carbocycles. The van der Waals surface area contributed by atoms with Gasteiger partial charge in [-0.15, -0.1) is 0 Å². The molecule has 0 aromatic heterocycles. The first-order chi connectivity index (χ1) is 9.65. The lowest BCUT2D eigenvalue weighted by atomic mass is 9.91. The molecule has 0 atom stereocenters. The summed E-state index contributed by atoms with van der Waals surface area (Å²) in [6.07, 6.45) is 0. The van der Waals surface area contributed by atoms with Crippen molar-refractivity contribution >= 4 is 23.3 Å². The molecule has 1 aliphatic heterocycles. The highest BCUT2D eigenvalue weighted by Gasteiger charge is 2.28. The fourth-order valence-corrected chi connectivity index (χ4v) is 2.70. The monoisotopic (exact) mass is 287 g/mol. The first-order valence-electron chi connectivity index (χ1n) is 6.48. The third kappa shape index (κ3) is 2.37. The van der Waals surface area contributed by atoms with Gasteiger partial charge in [0.2, 0.25) is 0 Å². The van der Waals surface area contributed by atoms with Gasteiger partial charge in [0.1, 0.15) is 0 Å². The van der Waals surface area contributed by atoms with E-state index in [1.54, 1.807) is 12.1 Å². The van der Waals surface area contributed by atoms with Crippen LogP contribution in [0, 0.1) is 0 Å². The van der Waals surface area contributed by atoms with Crippen molar-refractivity contribution in [1.82, 2.24) is 0 Å². The molecule has 20 heavy (non-hydrogen) atoms. The first kappa shape index (κ1) is 13.0. The lowest BCUT2D eigenvalue weighted by Gasteiger charge is -2.41. The van der Waals surface area contributed by atoms with Gasteiger partial charge >= 0.3 is 5.97 Å². The van der Waals surface area contributed by atoms with Crippen molar-refractivity contribution < 1.29 is 9.90 Å². The molecule has 1 heterocycles. The third-order valence-electron chi connectivity index (χ3n) is 3.70. The number of carbonyl (C=O) groups is 1. The van der Waals surface area contributed by atoms with E-state index in [1.807, 2.05) is 24.3 Å². The minimum absolute atomic E-state index is 0.160. The molecule has 3 nitrogen and oxygen atoms in total. The summed E-state index contributed by atoms with van der Waals surface area (Å²) in [7, 11) is 0. The largest absolute Gasteiger partial charge is 0.478 e. The maximum atomic E-state index is 11.1. The van der Waals surface area contributed by atoms with Crippen molar-refractivity contribution in [3.05, 3.63) is 64.7 Å². The van der Waals surface area contributed by atoms with E-state index in [0.717, 1.165) is 18.8 Å². The number of benzene rings is 2. The Balaban J connectivity index is 1.74. The van der Waals surface area contributed by atoms with Crippen LogP contribution < -0.4 is 4.90 Å². The summed E-state index contributed by atoms with van der Waals surface area (Å²) in [4.78, 5) is 13.3. The number of hydrogen-bond acceptors (Lipinski definition) is 2. The van der Waals surface area contributed by atoms with E-state index in [1.165, 1.54) is 5.56 Å². The van der Waals surface area contributed by atoms with Crippen LogP contribution in [0.2, 0.25) is 5.02 Å². The Kier molecular flexibility index (Phi) is 3.36. The zero-order chi connectivity index (χ0) is 14.1. The summed E-state index contributed by atoms with van der Waals surface area (Å²) < 4.78 is 0. The second kappa shape index (κ2) is 5.17. The van der Waals surface area contributed by atoms with Gasteiger partial charge in [0.05, 0.1) is 10.6 Å². The van der Waals surface area contributed by atoms with E-state index in [-0.39, 0.29) is 10.6 Å². The van der Waals surface area contributed by atoms with Crippen LogP contribution in [0.25, 0.3) is 0 Å². The molecule has 4 heteroatoms. The second-order valence-corrected chi connectivity index (χ2v) is 5.39. The summed E-state index contributed by atoms with van der Waals surface area (Å²) in [6.45, 7) is 1.81. The van der Waals surface area contributed by atoms with E-state index < -0.39 is 5.97 Å². The minimum Gasteiger partial charge on any atom is -0.478 e. The van der Waals surface area contributed by atoms with Gasteiger partial charge in [-0.05, 0) is 23.8 Å². The number of hydrogen-bond donors (Lipinski definition) is 1. The normalized spacial score (nSPS) is 14.9. The number of aromatic carboxylic acids is 1. The van der Waals surface area contributed by atoms with Gasteiger partial charge in [0.15, 0.2) is 0 Å². The van der Waals surface area contributed by atoms with Crippen molar-refractivity contribution in [1.29, 1.82) is 0 Å². The van der Waals surface area contributed by atoms with Crippen LogP contribution in [0.15, 0.2) is 48.5 Å². The van der Waals surface area contributed by atoms with Crippen molar-refractivity contribution in [2.75, 3.05) is 18.0 Å². The summed E-state index contributed by atoms with van der Waals surface area (Å²) in [6, 6.07) is 15.5. The lowest BCUT2D eigenvalue weighted by molar-refractivity contribution is 0.0697. The van der Waals surface area contributed by atoms with Gasteiger partial charge in [0, 0.05) is 24.7 Å². The van der Waals surface area contributed by atoms with Crippen molar-refractivity contribution in [3.63, 3.8) is 0 Å². The zero-order valence-electron chi connectivity index (χ0n) is 10.8. The zero-order valence-corrected chi connectivity index (χ0v) is 11.5. The van der Waals surface area contributed by atoms with Crippen LogP contribution in [-0.4, -0.2) is 24.2 Å². The van der Waals surface area contributed by atoms with Gasteiger partial charge < -0.3 is 10.0 Å². The molecule has 0 aliphatic carbocycles. The summed E-state index contributed by atoms with van der Waals surface area (Å²) in [5, 5.41) is 9.37. The number of anilines is 1. The third-order valence-corrected chi connectivity index (χ3v) is 4.03. The topological polar surface area (TPSA) is 40.5 Å². The van der Waals surface area contributed by atoms with Crippen molar-refractivity contribution in [3.8, 4) is 0 Å². The molecule has 1 N–H and O–H groups in total. The second-order valence-electron chi connectivity index (χ2n) is 4.98. The molecule has 1 aliphatic rings. The molecular formula is C16H14ClNO2. The standard InChI is InChI=1S/C16H14ClNO2/c17-15-7-6-13(8-14(15)16(19)20)18-9-12(10-18)11-4-2-1-3-5-11/h1-8,12H,9-10H2,(H,19,20). The van der Waals surface area contributed by atoms with Gasteiger partial charge in [-0.25, -0.2) is 4.79 Å². The van der Waals surface area contributed by atoms with Crippen LogP contribution in [0.5, 0.6) is 0 Å².